The number of nitrogens with one attached hydrogen (secondary N) is 2. The molecule has 2 heterocycles. The first-order valence-corrected chi connectivity index (χ1v) is 14.7. The lowest BCUT2D eigenvalue weighted by Gasteiger charge is -2.36. The van der Waals surface area contributed by atoms with E-state index < -0.39 is 11.7 Å². The van der Waals surface area contributed by atoms with Gasteiger partial charge in [0.1, 0.15) is 5.60 Å². The molecule has 0 atom stereocenters. The van der Waals surface area contributed by atoms with E-state index in [4.69, 9.17) is 4.74 Å². The summed E-state index contributed by atoms with van der Waals surface area (Å²) in [6.45, 7) is 10.3. The van der Waals surface area contributed by atoms with Crippen LogP contribution in [0.4, 0.5) is 21.9 Å². The Labute approximate surface area is 245 Å². The Morgan fingerprint density at radius 1 is 0.829 bits per heavy atom. The number of carbonyl (C=O) groups excluding carboxylic acids is 2. The lowest BCUT2D eigenvalue weighted by Crippen LogP contribution is -2.45. The first-order chi connectivity index (χ1) is 19.7. The second-order valence-electron chi connectivity index (χ2n) is 11.1. The molecular weight excluding hydrogens is 532 g/mol. The zero-order valence-electron chi connectivity index (χ0n) is 23.7. The highest BCUT2D eigenvalue weighted by Gasteiger charge is 2.20. The van der Waals surface area contributed by atoms with Crippen molar-refractivity contribution in [1.29, 1.82) is 0 Å². The number of benzene rings is 3. The largest absolute Gasteiger partial charge is 0.444 e. The molecule has 0 aliphatic carbocycles. The molecule has 1 aromatic heterocycles. The molecule has 0 spiro atoms. The van der Waals surface area contributed by atoms with Gasteiger partial charge in [0.2, 0.25) is 0 Å². The zero-order chi connectivity index (χ0) is 28.8. The highest BCUT2D eigenvalue weighted by molar-refractivity contribution is 7.13. The van der Waals surface area contributed by atoms with Gasteiger partial charge in [-0.05, 0) is 79.7 Å². The van der Waals surface area contributed by atoms with Gasteiger partial charge in [-0.15, -0.1) is 11.3 Å². The van der Waals surface area contributed by atoms with Crippen LogP contribution in [0.5, 0.6) is 0 Å². The van der Waals surface area contributed by atoms with Gasteiger partial charge in [0, 0.05) is 48.9 Å². The molecule has 0 unspecified atom stereocenters. The molecule has 0 saturated carbocycles. The Bertz CT molecular complexity index is 1460. The maximum absolute atomic E-state index is 13.3. The molecule has 3 aromatic carbocycles. The second kappa shape index (κ2) is 12.6. The van der Waals surface area contributed by atoms with Crippen LogP contribution in [0.25, 0.3) is 10.4 Å². The first-order valence-electron chi connectivity index (χ1n) is 13.8. The Balaban J connectivity index is 1.25. The standard InChI is InChI=1S/C33H36N4O3S/c1-33(2,3)40-32(39)35-28-16-13-26(30-10-7-21-41-30)22-29(28)34-31(38)25-11-14-27(15-12-25)37-19-17-36(18-20-37)23-24-8-5-4-6-9-24/h4-16,21-22H,17-20,23H2,1-3H3,(H,34,38)(H,35,39). The number of piperazine rings is 1. The van der Waals surface area contributed by atoms with E-state index >= 15 is 0 Å². The van der Waals surface area contributed by atoms with Crippen LogP contribution in [0.15, 0.2) is 90.3 Å². The summed E-state index contributed by atoms with van der Waals surface area (Å²) in [6, 6.07) is 27.9. The Hall–Kier alpha value is -4.14. The van der Waals surface area contributed by atoms with Gasteiger partial charge in [0.25, 0.3) is 5.91 Å². The Kier molecular flexibility index (Phi) is 8.71. The molecule has 7 nitrogen and oxygen atoms in total. The number of ether oxygens (including phenoxy) is 1. The summed E-state index contributed by atoms with van der Waals surface area (Å²) in [7, 11) is 0. The molecule has 2 N–H and O–H groups in total. The molecule has 1 fully saturated rings. The number of thiophene rings is 1. The molecule has 0 bridgehead atoms. The maximum Gasteiger partial charge on any atom is 0.412 e. The summed E-state index contributed by atoms with van der Waals surface area (Å²) in [4.78, 5) is 31.7. The van der Waals surface area contributed by atoms with E-state index in [1.807, 2.05) is 80.7 Å². The summed E-state index contributed by atoms with van der Waals surface area (Å²) in [5.74, 6) is -0.250. The highest BCUT2D eigenvalue weighted by Crippen LogP contribution is 2.32. The first kappa shape index (κ1) is 28.4. The Morgan fingerprint density at radius 2 is 1.56 bits per heavy atom. The molecule has 5 rings (SSSR count). The van der Waals surface area contributed by atoms with Gasteiger partial charge in [-0.25, -0.2) is 4.79 Å². The van der Waals surface area contributed by atoms with E-state index in [-0.39, 0.29) is 5.91 Å². The zero-order valence-corrected chi connectivity index (χ0v) is 24.5. The lowest BCUT2D eigenvalue weighted by molar-refractivity contribution is 0.0635. The molecule has 1 aliphatic heterocycles. The summed E-state index contributed by atoms with van der Waals surface area (Å²) < 4.78 is 5.43. The van der Waals surface area contributed by atoms with Crippen LogP contribution in [0.1, 0.15) is 36.7 Å². The van der Waals surface area contributed by atoms with Crippen molar-refractivity contribution in [3.8, 4) is 10.4 Å². The normalized spacial score (nSPS) is 14.0. The van der Waals surface area contributed by atoms with E-state index in [1.54, 1.807) is 17.4 Å². The maximum atomic E-state index is 13.3. The molecule has 1 saturated heterocycles. The minimum absolute atomic E-state index is 0.250. The molecule has 212 valence electrons. The van der Waals surface area contributed by atoms with E-state index in [2.05, 4.69) is 44.7 Å². The highest BCUT2D eigenvalue weighted by atomic mass is 32.1. The number of nitrogens with zero attached hydrogens (tertiary/aromatic N) is 2. The summed E-state index contributed by atoms with van der Waals surface area (Å²) >= 11 is 1.61. The van der Waals surface area contributed by atoms with Crippen LogP contribution in [0.2, 0.25) is 0 Å². The van der Waals surface area contributed by atoms with Crippen molar-refractivity contribution >= 4 is 40.4 Å². The van der Waals surface area contributed by atoms with Crippen molar-refractivity contribution in [1.82, 2.24) is 4.90 Å². The van der Waals surface area contributed by atoms with E-state index in [0.29, 0.717) is 16.9 Å². The third kappa shape index (κ3) is 7.74. The smallest absolute Gasteiger partial charge is 0.412 e. The van der Waals surface area contributed by atoms with Crippen LogP contribution in [0.3, 0.4) is 0 Å². The van der Waals surface area contributed by atoms with Crippen molar-refractivity contribution in [2.75, 3.05) is 41.7 Å². The summed E-state index contributed by atoms with van der Waals surface area (Å²) in [6.07, 6.45) is -0.579. The fourth-order valence-electron chi connectivity index (χ4n) is 4.79. The quantitative estimate of drug-likeness (QED) is 0.244. The molecule has 0 radical (unpaired) electrons. The number of rotatable bonds is 7. The van der Waals surface area contributed by atoms with Crippen molar-refractivity contribution in [2.45, 2.75) is 32.9 Å². The van der Waals surface area contributed by atoms with Gasteiger partial charge in [-0.3, -0.25) is 15.0 Å². The van der Waals surface area contributed by atoms with Crippen molar-refractivity contribution < 1.29 is 14.3 Å². The topological polar surface area (TPSA) is 73.9 Å². The average molecular weight is 569 g/mol. The average Bonchev–Trinajstić information content (AvgIpc) is 3.49. The van der Waals surface area contributed by atoms with Gasteiger partial charge in [-0.2, -0.15) is 0 Å². The molecule has 4 aromatic rings. The summed E-state index contributed by atoms with van der Waals surface area (Å²) in [5.41, 5.74) is 4.27. The minimum atomic E-state index is -0.638. The molecule has 1 aliphatic rings. The van der Waals surface area contributed by atoms with E-state index in [9.17, 15) is 9.59 Å². The molecule has 8 heteroatoms. The monoisotopic (exact) mass is 568 g/mol. The predicted molar refractivity (Wildman–Crippen MR) is 168 cm³/mol. The van der Waals surface area contributed by atoms with E-state index in [0.717, 1.165) is 48.9 Å². The van der Waals surface area contributed by atoms with Crippen LogP contribution < -0.4 is 15.5 Å². The third-order valence-corrected chi connectivity index (χ3v) is 7.74. The number of carbonyl (C=O) groups is 2. The van der Waals surface area contributed by atoms with Crippen LogP contribution in [-0.4, -0.2) is 48.7 Å². The number of amides is 2. The summed E-state index contributed by atoms with van der Waals surface area (Å²) in [5, 5.41) is 7.79. The number of hydrogen-bond donors (Lipinski definition) is 2. The number of anilines is 3. The number of hydrogen-bond acceptors (Lipinski definition) is 6. The van der Waals surface area contributed by atoms with Crippen LogP contribution in [0, 0.1) is 0 Å². The van der Waals surface area contributed by atoms with Gasteiger partial charge >= 0.3 is 6.09 Å². The van der Waals surface area contributed by atoms with Crippen LogP contribution in [-0.2, 0) is 11.3 Å². The molecular formula is C33H36N4O3S. The van der Waals surface area contributed by atoms with Gasteiger partial charge in [0.05, 0.1) is 11.4 Å². The van der Waals surface area contributed by atoms with Crippen molar-refractivity contribution in [3.05, 3.63) is 101 Å². The third-order valence-electron chi connectivity index (χ3n) is 6.83. The molecule has 2 amide bonds. The predicted octanol–water partition coefficient (Wildman–Crippen LogP) is 7.34. The van der Waals surface area contributed by atoms with Gasteiger partial charge < -0.3 is 15.0 Å². The fourth-order valence-corrected chi connectivity index (χ4v) is 5.51. The Morgan fingerprint density at radius 3 is 2.22 bits per heavy atom. The van der Waals surface area contributed by atoms with Gasteiger partial charge in [0.15, 0.2) is 0 Å². The van der Waals surface area contributed by atoms with E-state index in [1.165, 1.54) is 5.56 Å². The molecule has 41 heavy (non-hydrogen) atoms. The van der Waals surface area contributed by atoms with Crippen molar-refractivity contribution in [3.63, 3.8) is 0 Å². The second-order valence-corrected chi connectivity index (χ2v) is 12.1. The minimum Gasteiger partial charge on any atom is -0.444 e. The van der Waals surface area contributed by atoms with Crippen molar-refractivity contribution in [2.24, 2.45) is 0 Å². The van der Waals surface area contributed by atoms with Gasteiger partial charge in [-0.1, -0.05) is 42.5 Å². The lowest BCUT2D eigenvalue weighted by atomic mass is 10.1. The van der Waals surface area contributed by atoms with Crippen LogP contribution >= 0.6 is 11.3 Å². The SMILES string of the molecule is CC(C)(C)OC(=O)Nc1ccc(-c2cccs2)cc1NC(=O)c1ccc(N2CCN(Cc3ccccc3)CC2)cc1. The fraction of sp³-hybridized carbons (Fsp3) is 0.273.